The maximum Gasteiger partial charge on any atom is 0.262 e. The van der Waals surface area contributed by atoms with E-state index in [1.165, 1.54) is 0 Å². The Bertz CT molecular complexity index is 1220. The van der Waals surface area contributed by atoms with Gasteiger partial charge in [-0.15, -0.1) is 0 Å². The van der Waals surface area contributed by atoms with Gasteiger partial charge in [0, 0.05) is 5.69 Å². The van der Waals surface area contributed by atoms with Crippen molar-refractivity contribution in [2.45, 2.75) is 19.0 Å². The van der Waals surface area contributed by atoms with Gasteiger partial charge in [-0.25, -0.2) is 0 Å². The standard InChI is InChI=1S/C24H16Cl2N2O3/c1-13-9-11-14(12-10-13)27-20(17-7-4-8-18(25)19(17)26)21(24(27)31)28-22(29)15-5-2-3-6-16(15)23(28)30/h2-12,20-21H,1H3. The third-order valence-electron chi connectivity index (χ3n) is 5.78. The van der Waals surface area contributed by atoms with Crippen LogP contribution in [0.15, 0.2) is 66.7 Å². The Hall–Kier alpha value is -3.15. The van der Waals surface area contributed by atoms with Crippen molar-refractivity contribution >= 4 is 46.6 Å². The smallest absolute Gasteiger partial charge is 0.262 e. The summed E-state index contributed by atoms with van der Waals surface area (Å²) in [7, 11) is 0. The molecule has 0 spiro atoms. The van der Waals surface area contributed by atoms with E-state index >= 15 is 0 Å². The minimum atomic E-state index is -1.01. The first-order valence-electron chi connectivity index (χ1n) is 9.70. The van der Waals surface area contributed by atoms with Crippen LogP contribution in [0.25, 0.3) is 0 Å². The lowest BCUT2D eigenvalue weighted by atomic mass is 9.86. The lowest BCUT2D eigenvalue weighted by Gasteiger charge is -2.50. The average molecular weight is 451 g/mol. The van der Waals surface area contributed by atoms with E-state index in [4.69, 9.17) is 23.2 Å². The van der Waals surface area contributed by atoms with Crippen molar-refractivity contribution in [1.29, 1.82) is 0 Å². The number of benzene rings is 3. The Balaban J connectivity index is 1.63. The zero-order valence-corrected chi connectivity index (χ0v) is 17.9. The van der Waals surface area contributed by atoms with Gasteiger partial charge in [-0.05, 0) is 42.8 Å². The SMILES string of the molecule is Cc1ccc(N2C(=O)C(N3C(=O)c4ccccc4C3=O)C2c2cccc(Cl)c2Cl)cc1. The van der Waals surface area contributed by atoms with E-state index in [1.807, 2.05) is 31.2 Å². The molecule has 0 aliphatic carbocycles. The second kappa shape index (κ2) is 7.22. The molecule has 7 heteroatoms. The first kappa shape index (κ1) is 19.8. The minimum absolute atomic E-state index is 0.292. The molecule has 31 heavy (non-hydrogen) atoms. The number of nitrogens with zero attached hydrogens (tertiary/aromatic N) is 2. The number of rotatable bonds is 3. The molecule has 3 amide bonds. The molecule has 3 aromatic carbocycles. The average Bonchev–Trinajstić information content (AvgIpc) is 3.01. The number of aryl methyl sites for hydroxylation is 1. The highest BCUT2D eigenvalue weighted by atomic mass is 35.5. The van der Waals surface area contributed by atoms with Crippen LogP contribution in [0, 0.1) is 6.92 Å². The molecule has 1 fully saturated rings. The minimum Gasteiger partial charge on any atom is -0.300 e. The zero-order valence-electron chi connectivity index (χ0n) is 16.4. The second-order valence-corrected chi connectivity index (χ2v) is 8.39. The highest BCUT2D eigenvalue weighted by molar-refractivity contribution is 6.42. The Morgan fingerprint density at radius 3 is 1.94 bits per heavy atom. The number of hydrogen-bond donors (Lipinski definition) is 0. The molecule has 5 rings (SSSR count). The number of amides is 3. The van der Waals surface area contributed by atoms with Crippen molar-refractivity contribution in [3.63, 3.8) is 0 Å². The van der Waals surface area contributed by atoms with Crippen LogP contribution in [0.4, 0.5) is 5.69 Å². The molecule has 0 aromatic heterocycles. The summed E-state index contributed by atoms with van der Waals surface area (Å²) in [5.74, 6) is -1.31. The van der Waals surface area contributed by atoms with Crippen molar-refractivity contribution in [1.82, 2.24) is 4.90 Å². The van der Waals surface area contributed by atoms with Crippen molar-refractivity contribution in [2.24, 2.45) is 0 Å². The van der Waals surface area contributed by atoms with Gasteiger partial charge in [0.2, 0.25) is 0 Å². The van der Waals surface area contributed by atoms with E-state index in [9.17, 15) is 14.4 Å². The molecular formula is C24H16Cl2N2O3. The van der Waals surface area contributed by atoms with E-state index in [-0.39, 0.29) is 5.91 Å². The molecule has 0 radical (unpaired) electrons. The molecule has 1 saturated heterocycles. The van der Waals surface area contributed by atoms with E-state index < -0.39 is 23.9 Å². The van der Waals surface area contributed by atoms with Gasteiger partial charge in [-0.1, -0.05) is 65.2 Å². The van der Waals surface area contributed by atoms with Gasteiger partial charge in [-0.3, -0.25) is 19.3 Å². The van der Waals surface area contributed by atoms with E-state index in [1.54, 1.807) is 47.4 Å². The highest BCUT2D eigenvalue weighted by Gasteiger charge is 2.57. The molecule has 0 N–H and O–H groups in total. The van der Waals surface area contributed by atoms with Gasteiger partial charge in [0.05, 0.1) is 27.2 Å². The van der Waals surface area contributed by atoms with Gasteiger partial charge in [0.15, 0.2) is 0 Å². The first-order valence-corrected chi connectivity index (χ1v) is 10.5. The summed E-state index contributed by atoms with van der Waals surface area (Å²) in [6.07, 6.45) is 0. The highest BCUT2D eigenvalue weighted by Crippen LogP contribution is 2.47. The molecule has 2 aliphatic rings. The molecular weight excluding hydrogens is 435 g/mol. The van der Waals surface area contributed by atoms with Crippen LogP contribution in [-0.2, 0) is 4.79 Å². The molecule has 0 saturated carbocycles. The Morgan fingerprint density at radius 1 is 0.710 bits per heavy atom. The fourth-order valence-corrected chi connectivity index (χ4v) is 4.66. The normalized spacial score (nSPS) is 20.2. The topological polar surface area (TPSA) is 57.7 Å². The van der Waals surface area contributed by atoms with Crippen LogP contribution in [-0.4, -0.2) is 28.7 Å². The molecule has 2 unspecified atom stereocenters. The third kappa shape index (κ3) is 2.88. The van der Waals surface area contributed by atoms with E-state index in [2.05, 4.69) is 0 Å². The second-order valence-electron chi connectivity index (χ2n) is 7.60. The molecule has 2 atom stereocenters. The Kier molecular flexibility index (Phi) is 4.61. The quantitative estimate of drug-likeness (QED) is 0.414. The summed E-state index contributed by atoms with van der Waals surface area (Å²) in [6, 6.07) is 17.5. The van der Waals surface area contributed by atoms with Crippen molar-refractivity contribution in [2.75, 3.05) is 4.90 Å². The molecule has 0 bridgehead atoms. The summed E-state index contributed by atoms with van der Waals surface area (Å²) < 4.78 is 0. The summed E-state index contributed by atoms with van der Waals surface area (Å²) in [6.45, 7) is 1.95. The summed E-state index contributed by atoms with van der Waals surface area (Å²) >= 11 is 12.7. The van der Waals surface area contributed by atoms with Gasteiger partial charge < -0.3 is 4.90 Å². The molecule has 2 heterocycles. The van der Waals surface area contributed by atoms with Gasteiger partial charge >= 0.3 is 0 Å². The molecule has 2 aliphatic heterocycles. The van der Waals surface area contributed by atoms with E-state index in [0.29, 0.717) is 32.4 Å². The summed E-state index contributed by atoms with van der Waals surface area (Å²) in [4.78, 5) is 42.1. The summed E-state index contributed by atoms with van der Waals surface area (Å²) in [5.41, 5.74) is 2.88. The van der Waals surface area contributed by atoms with E-state index in [0.717, 1.165) is 10.5 Å². The Labute approximate surface area is 188 Å². The number of carbonyl (C=O) groups is 3. The molecule has 154 valence electrons. The molecule has 5 nitrogen and oxygen atoms in total. The van der Waals surface area contributed by atoms with Crippen molar-refractivity contribution < 1.29 is 14.4 Å². The predicted molar refractivity (Wildman–Crippen MR) is 119 cm³/mol. The summed E-state index contributed by atoms with van der Waals surface area (Å²) in [5, 5.41) is 0.629. The monoisotopic (exact) mass is 450 g/mol. The first-order chi connectivity index (χ1) is 14.9. The largest absolute Gasteiger partial charge is 0.300 e. The van der Waals surface area contributed by atoms with Crippen molar-refractivity contribution in [3.05, 3.63) is 99.0 Å². The van der Waals surface area contributed by atoms with Gasteiger partial charge in [0.25, 0.3) is 17.7 Å². The fourth-order valence-electron chi connectivity index (χ4n) is 4.24. The van der Waals surface area contributed by atoms with Crippen LogP contribution in [0.1, 0.15) is 37.9 Å². The lowest BCUT2D eigenvalue weighted by Crippen LogP contribution is -2.67. The number of fused-ring (bicyclic) bond motifs is 1. The van der Waals surface area contributed by atoms with Gasteiger partial charge in [-0.2, -0.15) is 0 Å². The molecule has 3 aromatic rings. The number of anilines is 1. The fraction of sp³-hybridized carbons (Fsp3) is 0.125. The van der Waals surface area contributed by atoms with Crippen LogP contribution in [0.5, 0.6) is 0 Å². The van der Waals surface area contributed by atoms with Crippen LogP contribution >= 0.6 is 23.2 Å². The number of hydrogen-bond acceptors (Lipinski definition) is 3. The van der Waals surface area contributed by atoms with Crippen LogP contribution in [0.3, 0.4) is 0 Å². The number of halogens is 2. The van der Waals surface area contributed by atoms with Crippen molar-refractivity contribution in [3.8, 4) is 0 Å². The number of β-lactam (4-membered cyclic amide) rings is 1. The van der Waals surface area contributed by atoms with Crippen LogP contribution < -0.4 is 4.90 Å². The maximum atomic E-state index is 13.4. The number of imide groups is 1. The predicted octanol–water partition coefficient (Wildman–Crippen LogP) is 5.05. The lowest BCUT2D eigenvalue weighted by molar-refractivity contribution is -0.130. The number of carbonyl (C=O) groups excluding carboxylic acids is 3. The third-order valence-corrected chi connectivity index (χ3v) is 6.62. The maximum absolute atomic E-state index is 13.4. The van der Waals surface area contributed by atoms with Gasteiger partial charge in [0.1, 0.15) is 6.04 Å². The van der Waals surface area contributed by atoms with Crippen LogP contribution in [0.2, 0.25) is 10.0 Å². The Morgan fingerprint density at radius 2 is 1.32 bits per heavy atom. The zero-order chi connectivity index (χ0) is 21.9.